The van der Waals surface area contributed by atoms with E-state index in [4.69, 9.17) is 0 Å². The van der Waals surface area contributed by atoms with Crippen molar-refractivity contribution in [2.75, 3.05) is 6.54 Å². The maximum atomic E-state index is 13.5. The highest BCUT2D eigenvalue weighted by molar-refractivity contribution is 6.06. The molecule has 0 spiro atoms. The zero-order valence-corrected chi connectivity index (χ0v) is 18.4. The van der Waals surface area contributed by atoms with Crippen molar-refractivity contribution in [3.63, 3.8) is 0 Å². The molecule has 2 heterocycles. The highest BCUT2D eigenvalue weighted by Crippen LogP contribution is 2.60. The maximum Gasteiger partial charge on any atom is 0.243 e. The van der Waals surface area contributed by atoms with E-state index in [0.29, 0.717) is 13.0 Å². The number of likely N-dealkylation sites (tertiary alicyclic amines) is 1. The summed E-state index contributed by atoms with van der Waals surface area (Å²) in [5, 5.41) is 0. The first kappa shape index (κ1) is 21.0. The van der Waals surface area contributed by atoms with Gasteiger partial charge >= 0.3 is 0 Å². The third-order valence-electron chi connectivity index (χ3n) is 8.24. The van der Waals surface area contributed by atoms with Crippen LogP contribution in [0, 0.1) is 16.7 Å². The van der Waals surface area contributed by atoms with Crippen LogP contribution < -0.4 is 0 Å². The Morgan fingerprint density at radius 3 is 2.43 bits per heavy atom. The molecule has 2 saturated carbocycles. The molecular formula is C24H33N3O3. The molecule has 0 radical (unpaired) electrons. The Labute approximate surface area is 179 Å². The molecule has 1 saturated heterocycles. The Bertz CT molecular complexity index is 831. The first-order valence-electron chi connectivity index (χ1n) is 11.3. The molecule has 0 N–H and O–H groups in total. The van der Waals surface area contributed by atoms with Gasteiger partial charge in [0.25, 0.3) is 0 Å². The minimum Gasteiger partial charge on any atom is -0.334 e. The van der Waals surface area contributed by atoms with E-state index in [1.807, 2.05) is 37.8 Å². The minimum absolute atomic E-state index is 0.122. The second-order valence-corrected chi connectivity index (χ2v) is 10.0. The number of carbonyl (C=O) groups is 3. The van der Waals surface area contributed by atoms with Crippen molar-refractivity contribution in [1.82, 2.24) is 14.8 Å². The van der Waals surface area contributed by atoms with Gasteiger partial charge in [-0.2, -0.15) is 0 Å². The number of imide groups is 1. The number of amides is 3. The molecule has 2 atom stereocenters. The van der Waals surface area contributed by atoms with Gasteiger partial charge in [0.05, 0.1) is 5.41 Å². The lowest BCUT2D eigenvalue weighted by molar-refractivity contribution is -0.170. The summed E-state index contributed by atoms with van der Waals surface area (Å²) in [6, 6.07) is 4.01. The van der Waals surface area contributed by atoms with Gasteiger partial charge in [-0.3, -0.25) is 24.3 Å². The minimum atomic E-state index is -0.577. The quantitative estimate of drug-likeness (QED) is 0.695. The monoisotopic (exact) mass is 411 g/mol. The molecule has 6 nitrogen and oxygen atoms in total. The number of carbonyl (C=O) groups excluding carboxylic acids is 3. The number of aromatic nitrogens is 1. The van der Waals surface area contributed by atoms with Crippen molar-refractivity contribution in [3.05, 3.63) is 30.1 Å². The van der Waals surface area contributed by atoms with Crippen LogP contribution in [0.4, 0.5) is 0 Å². The third kappa shape index (κ3) is 3.34. The second-order valence-electron chi connectivity index (χ2n) is 10.0. The lowest BCUT2D eigenvalue weighted by atomic mass is 9.62. The van der Waals surface area contributed by atoms with E-state index in [1.165, 1.54) is 11.3 Å². The summed E-state index contributed by atoms with van der Waals surface area (Å²) in [5.74, 6) is -0.646. The van der Waals surface area contributed by atoms with E-state index in [-0.39, 0.29) is 41.6 Å². The van der Waals surface area contributed by atoms with E-state index in [1.54, 1.807) is 12.4 Å². The average Bonchev–Trinajstić information content (AvgIpc) is 2.94. The van der Waals surface area contributed by atoms with Gasteiger partial charge < -0.3 is 4.90 Å². The standard InChI is InChI=1S/C24H33N3O3/c1-23(2)19-9-12-24(23,3)22(30)27(21(19)29)16-20(28)26(18-7-5-4-6-8-18)15-17-10-13-25-14-11-17/h10-11,13-14,18-19H,4-9,12,15-16H2,1-3H3/t19-,24-/m0/s1. The molecule has 30 heavy (non-hydrogen) atoms. The average molecular weight is 412 g/mol. The molecule has 3 aliphatic rings. The molecule has 2 aliphatic carbocycles. The number of pyridine rings is 1. The van der Waals surface area contributed by atoms with Crippen LogP contribution in [0.3, 0.4) is 0 Å². The Balaban J connectivity index is 1.56. The fourth-order valence-corrected chi connectivity index (χ4v) is 5.78. The van der Waals surface area contributed by atoms with Crippen LogP contribution in [0.2, 0.25) is 0 Å². The SMILES string of the molecule is CC1(C)[C@H]2CC[C@@]1(C)C(=O)N(CC(=O)N(Cc1ccncc1)C1CCCCC1)C2=O. The largest absolute Gasteiger partial charge is 0.334 e. The topological polar surface area (TPSA) is 70.6 Å². The molecule has 2 bridgehead atoms. The maximum absolute atomic E-state index is 13.5. The zero-order valence-electron chi connectivity index (χ0n) is 18.4. The Morgan fingerprint density at radius 2 is 1.77 bits per heavy atom. The van der Waals surface area contributed by atoms with Crippen molar-refractivity contribution in [2.45, 2.75) is 78.3 Å². The van der Waals surface area contributed by atoms with E-state index >= 15 is 0 Å². The fourth-order valence-electron chi connectivity index (χ4n) is 5.78. The van der Waals surface area contributed by atoms with Crippen molar-refractivity contribution in [2.24, 2.45) is 16.7 Å². The molecule has 0 aromatic carbocycles. The lowest BCUT2D eigenvalue weighted by Gasteiger charge is -2.48. The summed E-state index contributed by atoms with van der Waals surface area (Å²) in [7, 11) is 0. The molecule has 0 unspecified atom stereocenters. The van der Waals surface area contributed by atoms with E-state index in [0.717, 1.165) is 37.7 Å². The van der Waals surface area contributed by atoms with Gasteiger partial charge in [0.1, 0.15) is 6.54 Å². The number of hydrogen-bond donors (Lipinski definition) is 0. The van der Waals surface area contributed by atoms with Gasteiger partial charge in [-0.05, 0) is 48.8 Å². The van der Waals surface area contributed by atoms with Crippen LogP contribution >= 0.6 is 0 Å². The van der Waals surface area contributed by atoms with Gasteiger partial charge in [0, 0.05) is 30.9 Å². The van der Waals surface area contributed by atoms with Crippen molar-refractivity contribution in [3.8, 4) is 0 Å². The smallest absolute Gasteiger partial charge is 0.243 e. The second kappa shape index (κ2) is 7.78. The van der Waals surface area contributed by atoms with Crippen LogP contribution in [0.25, 0.3) is 0 Å². The molecule has 1 aliphatic heterocycles. The summed E-state index contributed by atoms with van der Waals surface area (Å²) in [6.45, 7) is 6.37. The van der Waals surface area contributed by atoms with E-state index in [2.05, 4.69) is 4.98 Å². The van der Waals surface area contributed by atoms with Crippen LogP contribution in [-0.4, -0.2) is 45.1 Å². The van der Waals surface area contributed by atoms with Gasteiger partial charge in [0.2, 0.25) is 17.7 Å². The van der Waals surface area contributed by atoms with Crippen LogP contribution in [0.5, 0.6) is 0 Å². The molecule has 3 amide bonds. The van der Waals surface area contributed by atoms with Crippen LogP contribution in [-0.2, 0) is 20.9 Å². The molecule has 4 rings (SSSR count). The molecule has 1 aromatic heterocycles. The summed E-state index contributed by atoms with van der Waals surface area (Å²) in [5.41, 5.74) is 0.0846. The number of piperidine rings is 1. The number of nitrogens with zero attached hydrogens (tertiary/aromatic N) is 3. The first-order chi connectivity index (χ1) is 14.3. The van der Waals surface area contributed by atoms with Gasteiger partial charge in [-0.1, -0.05) is 40.0 Å². The lowest BCUT2D eigenvalue weighted by Crippen LogP contribution is -2.61. The Kier molecular flexibility index (Phi) is 5.45. The van der Waals surface area contributed by atoms with Crippen LogP contribution in [0.1, 0.15) is 71.3 Å². The predicted molar refractivity (Wildman–Crippen MR) is 113 cm³/mol. The van der Waals surface area contributed by atoms with Gasteiger partial charge in [-0.15, -0.1) is 0 Å². The van der Waals surface area contributed by atoms with Crippen LogP contribution in [0.15, 0.2) is 24.5 Å². The van der Waals surface area contributed by atoms with Gasteiger partial charge in [-0.25, -0.2) is 0 Å². The zero-order chi connectivity index (χ0) is 21.5. The van der Waals surface area contributed by atoms with Gasteiger partial charge in [0.15, 0.2) is 0 Å². The van der Waals surface area contributed by atoms with E-state index in [9.17, 15) is 14.4 Å². The highest BCUT2D eigenvalue weighted by Gasteiger charge is 2.64. The fraction of sp³-hybridized carbons (Fsp3) is 0.667. The number of fused-ring (bicyclic) bond motifs is 2. The van der Waals surface area contributed by atoms with Crippen molar-refractivity contribution >= 4 is 17.7 Å². The number of hydrogen-bond acceptors (Lipinski definition) is 4. The Hall–Kier alpha value is -2.24. The summed E-state index contributed by atoms with van der Waals surface area (Å²) in [4.78, 5) is 47.2. The molecule has 162 valence electrons. The molecule has 1 aromatic rings. The predicted octanol–water partition coefficient (Wildman–Crippen LogP) is 3.55. The molecule has 6 heteroatoms. The van der Waals surface area contributed by atoms with Crippen molar-refractivity contribution in [1.29, 1.82) is 0 Å². The molecule has 3 fully saturated rings. The highest BCUT2D eigenvalue weighted by atomic mass is 16.2. The normalized spacial score (nSPS) is 28.6. The first-order valence-corrected chi connectivity index (χ1v) is 11.3. The van der Waals surface area contributed by atoms with Crippen molar-refractivity contribution < 1.29 is 14.4 Å². The third-order valence-corrected chi connectivity index (χ3v) is 8.24. The summed E-state index contributed by atoms with van der Waals surface area (Å²) >= 11 is 0. The number of rotatable bonds is 5. The summed E-state index contributed by atoms with van der Waals surface area (Å²) < 4.78 is 0. The van der Waals surface area contributed by atoms with E-state index < -0.39 is 5.41 Å². The molecular weight excluding hydrogens is 378 g/mol. The Morgan fingerprint density at radius 1 is 1.10 bits per heavy atom. The summed E-state index contributed by atoms with van der Waals surface area (Å²) in [6.07, 6.45) is 10.3.